The van der Waals surface area contributed by atoms with Crippen molar-refractivity contribution in [2.24, 2.45) is 0 Å². The molecule has 0 aliphatic rings. The van der Waals surface area contributed by atoms with E-state index in [9.17, 15) is 4.79 Å². The van der Waals surface area contributed by atoms with Crippen LogP contribution < -0.4 is 5.32 Å². The Morgan fingerprint density at radius 1 is 0.419 bits per heavy atom. The molecule has 258 valence electrons. The summed E-state index contributed by atoms with van der Waals surface area (Å²) in [7, 11) is 1.90. The van der Waals surface area contributed by atoms with Crippen LogP contribution in [0.15, 0.2) is 0 Å². The van der Waals surface area contributed by atoms with Crippen LogP contribution in [0.25, 0.3) is 0 Å². The largest absolute Gasteiger partial charge is 0.463 e. The Labute approximate surface area is 263 Å². The molecule has 43 heavy (non-hydrogen) atoms. The number of hydrogen-bond donors (Lipinski definition) is 1. The second kappa shape index (κ2) is 39.2. The van der Waals surface area contributed by atoms with Crippen LogP contribution in [0.5, 0.6) is 0 Å². The van der Waals surface area contributed by atoms with Gasteiger partial charge in [-0.25, -0.2) is 0 Å². The maximum absolute atomic E-state index is 11.8. The van der Waals surface area contributed by atoms with E-state index in [1.165, 1.54) is 70.6 Å². The fourth-order valence-corrected chi connectivity index (χ4v) is 4.17. The Bertz CT molecular complexity index is 529. The molecule has 10 heteroatoms. The van der Waals surface area contributed by atoms with E-state index in [2.05, 4.69) is 12.2 Å². The summed E-state index contributed by atoms with van der Waals surface area (Å²) in [6.45, 7) is 10.8. The van der Waals surface area contributed by atoms with Gasteiger partial charge in [0.05, 0.1) is 92.5 Å². The summed E-state index contributed by atoms with van der Waals surface area (Å²) in [4.78, 5) is 11.8. The minimum absolute atomic E-state index is 0.126. The molecule has 0 fully saturated rings. The predicted molar refractivity (Wildman–Crippen MR) is 171 cm³/mol. The van der Waals surface area contributed by atoms with Crippen molar-refractivity contribution in [3.05, 3.63) is 0 Å². The zero-order chi connectivity index (χ0) is 31.2. The van der Waals surface area contributed by atoms with Gasteiger partial charge in [0.25, 0.3) is 0 Å². The van der Waals surface area contributed by atoms with Gasteiger partial charge in [-0.2, -0.15) is 0 Å². The van der Waals surface area contributed by atoms with Gasteiger partial charge in [-0.15, -0.1) is 0 Å². The van der Waals surface area contributed by atoms with Gasteiger partial charge >= 0.3 is 5.97 Å². The minimum atomic E-state index is -0.126. The quantitative estimate of drug-likeness (QED) is 0.0717. The molecule has 0 aromatic rings. The third-order valence-corrected chi connectivity index (χ3v) is 6.70. The first-order valence-corrected chi connectivity index (χ1v) is 17.2. The Hall–Kier alpha value is -0.850. The molecule has 0 aromatic carbocycles. The van der Waals surface area contributed by atoms with Crippen molar-refractivity contribution in [3.8, 4) is 0 Å². The third kappa shape index (κ3) is 39.1. The molecule has 0 atom stereocenters. The van der Waals surface area contributed by atoms with E-state index in [-0.39, 0.29) is 5.97 Å². The zero-order valence-corrected chi connectivity index (χ0v) is 27.9. The predicted octanol–water partition coefficient (Wildman–Crippen LogP) is 5.35. The molecule has 0 saturated carbocycles. The summed E-state index contributed by atoms with van der Waals surface area (Å²) < 4.78 is 43.3. The van der Waals surface area contributed by atoms with Gasteiger partial charge in [-0.3, -0.25) is 4.79 Å². The van der Waals surface area contributed by atoms with Crippen LogP contribution >= 0.6 is 0 Å². The van der Waals surface area contributed by atoms with E-state index in [1.807, 2.05) is 7.05 Å². The summed E-state index contributed by atoms with van der Waals surface area (Å²) in [6.07, 6.45) is 17.4. The summed E-state index contributed by atoms with van der Waals surface area (Å²) in [5, 5.41) is 3.02. The minimum Gasteiger partial charge on any atom is -0.463 e. The van der Waals surface area contributed by atoms with Gasteiger partial charge in [0.15, 0.2) is 0 Å². The number of likely N-dealkylation sites (N-methyl/N-ethyl adjacent to an activating group) is 1. The van der Waals surface area contributed by atoms with Gasteiger partial charge in [-0.05, 0) is 13.5 Å². The topological polar surface area (TPSA) is 103 Å². The third-order valence-electron chi connectivity index (χ3n) is 6.70. The van der Waals surface area contributed by atoms with Gasteiger partial charge < -0.3 is 43.2 Å². The highest BCUT2D eigenvalue weighted by Crippen LogP contribution is 2.13. The molecular formula is C33H67NO9. The maximum Gasteiger partial charge on any atom is 0.305 e. The van der Waals surface area contributed by atoms with E-state index >= 15 is 0 Å². The fourth-order valence-electron chi connectivity index (χ4n) is 4.17. The van der Waals surface area contributed by atoms with Gasteiger partial charge in [0.2, 0.25) is 0 Å². The van der Waals surface area contributed by atoms with Crippen LogP contribution in [0.3, 0.4) is 0 Å². The smallest absolute Gasteiger partial charge is 0.305 e. The number of esters is 1. The SMILES string of the molecule is CCCCCCCCCCCCCCCC(=O)OCCOCCOCCOCCOCCOCCOCCOCCNC. The van der Waals surface area contributed by atoms with Crippen molar-refractivity contribution in [3.63, 3.8) is 0 Å². The van der Waals surface area contributed by atoms with Crippen molar-refractivity contribution in [1.82, 2.24) is 5.32 Å². The highest BCUT2D eigenvalue weighted by Gasteiger charge is 2.03. The lowest BCUT2D eigenvalue weighted by Crippen LogP contribution is -2.17. The van der Waals surface area contributed by atoms with Crippen LogP contribution in [0.4, 0.5) is 0 Å². The molecule has 0 spiro atoms. The molecule has 0 heterocycles. The normalized spacial score (nSPS) is 11.4. The number of ether oxygens (including phenoxy) is 8. The Kier molecular flexibility index (Phi) is 38.4. The van der Waals surface area contributed by atoms with Crippen LogP contribution in [0.2, 0.25) is 0 Å². The second-order valence-electron chi connectivity index (χ2n) is 10.6. The number of unbranched alkanes of at least 4 members (excludes halogenated alkanes) is 12. The first-order chi connectivity index (χ1) is 21.3. The summed E-state index contributed by atoms with van der Waals surface area (Å²) in [5.74, 6) is -0.126. The number of nitrogens with one attached hydrogen (secondary N) is 1. The van der Waals surface area contributed by atoms with Gasteiger partial charge in [0, 0.05) is 13.0 Å². The molecule has 0 unspecified atom stereocenters. The Balaban J connectivity index is 3.13. The zero-order valence-electron chi connectivity index (χ0n) is 27.9. The van der Waals surface area contributed by atoms with E-state index in [0.717, 1.165) is 19.4 Å². The van der Waals surface area contributed by atoms with Gasteiger partial charge in [0.1, 0.15) is 6.61 Å². The van der Waals surface area contributed by atoms with Gasteiger partial charge in [-0.1, -0.05) is 84.0 Å². The summed E-state index contributed by atoms with van der Waals surface area (Å²) >= 11 is 0. The first kappa shape index (κ1) is 42.1. The number of hydrogen-bond acceptors (Lipinski definition) is 10. The molecule has 0 aliphatic carbocycles. The van der Waals surface area contributed by atoms with E-state index in [0.29, 0.717) is 106 Å². The van der Waals surface area contributed by atoms with Crippen molar-refractivity contribution >= 4 is 5.97 Å². The standard InChI is InChI=1S/C33H67NO9/c1-3-4-5-6-7-8-9-10-11-12-13-14-15-16-33(35)43-32-31-42-30-29-41-28-27-40-26-25-39-24-23-38-22-21-37-20-19-36-18-17-34-2/h34H,3-32H2,1-2H3. The first-order valence-electron chi connectivity index (χ1n) is 17.2. The molecular weight excluding hydrogens is 554 g/mol. The highest BCUT2D eigenvalue weighted by molar-refractivity contribution is 5.69. The number of rotatable bonds is 38. The number of carbonyl (C=O) groups excluding carboxylic acids is 1. The molecule has 0 aromatic heterocycles. The van der Waals surface area contributed by atoms with Crippen molar-refractivity contribution < 1.29 is 42.7 Å². The summed E-state index contributed by atoms with van der Waals surface area (Å²) in [5.41, 5.74) is 0. The summed E-state index contributed by atoms with van der Waals surface area (Å²) in [6, 6.07) is 0. The molecule has 10 nitrogen and oxygen atoms in total. The lowest BCUT2D eigenvalue weighted by Gasteiger charge is -2.09. The fraction of sp³-hybridized carbons (Fsp3) is 0.970. The van der Waals surface area contributed by atoms with Crippen LogP contribution in [-0.2, 0) is 42.7 Å². The van der Waals surface area contributed by atoms with Crippen molar-refractivity contribution in [2.45, 2.75) is 96.8 Å². The molecule has 1 N–H and O–H groups in total. The van der Waals surface area contributed by atoms with Crippen LogP contribution in [-0.4, -0.2) is 119 Å². The van der Waals surface area contributed by atoms with E-state index in [1.54, 1.807) is 0 Å². The average Bonchev–Trinajstić information content (AvgIpc) is 3.01. The Morgan fingerprint density at radius 3 is 1.07 bits per heavy atom. The molecule has 0 amide bonds. The van der Waals surface area contributed by atoms with Crippen molar-refractivity contribution in [2.75, 3.05) is 113 Å². The molecule has 0 radical (unpaired) electrons. The lowest BCUT2D eigenvalue weighted by atomic mass is 10.0. The highest BCUT2D eigenvalue weighted by atomic mass is 16.6. The van der Waals surface area contributed by atoms with Crippen molar-refractivity contribution in [1.29, 1.82) is 0 Å². The maximum atomic E-state index is 11.8. The van der Waals surface area contributed by atoms with E-state index < -0.39 is 0 Å². The van der Waals surface area contributed by atoms with Crippen LogP contribution in [0, 0.1) is 0 Å². The molecule has 0 aliphatic heterocycles. The van der Waals surface area contributed by atoms with E-state index in [4.69, 9.17) is 37.9 Å². The lowest BCUT2D eigenvalue weighted by molar-refractivity contribution is -0.145. The van der Waals surface area contributed by atoms with Crippen LogP contribution in [0.1, 0.15) is 96.8 Å². The number of carbonyl (C=O) groups is 1. The molecule has 0 bridgehead atoms. The Morgan fingerprint density at radius 2 is 0.721 bits per heavy atom. The second-order valence-corrected chi connectivity index (χ2v) is 10.6. The molecule has 0 saturated heterocycles. The monoisotopic (exact) mass is 621 g/mol. The molecule has 0 rings (SSSR count). The average molecular weight is 622 g/mol.